The van der Waals surface area contributed by atoms with Gasteiger partial charge in [-0.2, -0.15) is 8.42 Å². The van der Waals surface area contributed by atoms with Crippen LogP contribution in [0, 0.1) is 6.92 Å². The molecule has 0 bridgehead atoms. The molecular weight excluding hydrogens is 426 g/mol. The van der Waals surface area contributed by atoms with Crippen molar-refractivity contribution in [2.24, 2.45) is 0 Å². The Hall–Kier alpha value is -3.03. The van der Waals surface area contributed by atoms with Crippen LogP contribution in [-0.2, 0) is 20.8 Å². The summed E-state index contributed by atoms with van der Waals surface area (Å²) in [6, 6.07) is 14.9. The molecule has 0 saturated heterocycles. The Morgan fingerprint density at radius 2 is 1.59 bits per heavy atom. The van der Waals surface area contributed by atoms with Gasteiger partial charge in [-0.05, 0) is 55.0 Å². The largest absolute Gasteiger partial charge is 0.318 e. The standard InChI is InChI=1S/C25H25NO5S/c1-3-4-5-6-8-18-15-19-9-7-10-21-23(19)22(16-18)25(28)26(24(21)27)31-32(29,30)20-13-11-17(2)12-14-20/h7,9-16H,3-6,8H2,1-2H3. The lowest BCUT2D eigenvalue weighted by atomic mass is 9.91. The molecule has 1 aliphatic rings. The average Bonchev–Trinajstić information content (AvgIpc) is 2.78. The maximum atomic E-state index is 13.2. The molecule has 0 spiro atoms. The van der Waals surface area contributed by atoms with E-state index in [9.17, 15) is 18.0 Å². The van der Waals surface area contributed by atoms with Crippen LogP contribution in [0.25, 0.3) is 10.8 Å². The van der Waals surface area contributed by atoms with Crippen LogP contribution in [-0.4, -0.2) is 25.3 Å². The second kappa shape index (κ2) is 8.84. The number of hydrogen-bond donors (Lipinski definition) is 0. The maximum absolute atomic E-state index is 13.2. The lowest BCUT2D eigenvalue weighted by Gasteiger charge is -2.26. The lowest BCUT2D eigenvalue weighted by Crippen LogP contribution is -2.41. The fourth-order valence-corrected chi connectivity index (χ4v) is 4.85. The molecule has 3 aromatic carbocycles. The summed E-state index contributed by atoms with van der Waals surface area (Å²) in [4.78, 5) is 26.1. The molecule has 4 rings (SSSR count). The van der Waals surface area contributed by atoms with Crippen molar-refractivity contribution in [3.05, 3.63) is 76.9 Å². The number of amides is 2. The molecule has 0 saturated carbocycles. The molecule has 0 fully saturated rings. The first-order valence-corrected chi connectivity index (χ1v) is 12.2. The Labute approximate surface area is 187 Å². The Morgan fingerprint density at radius 1 is 0.875 bits per heavy atom. The van der Waals surface area contributed by atoms with Crippen molar-refractivity contribution in [1.82, 2.24) is 5.06 Å². The number of hydrogen-bond acceptors (Lipinski definition) is 5. The Bertz CT molecular complexity index is 1300. The summed E-state index contributed by atoms with van der Waals surface area (Å²) < 4.78 is 30.6. The van der Waals surface area contributed by atoms with Gasteiger partial charge in [-0.3, -0.25) is 9.59 Å². The average molecular weight is 452 g/mol. The zero-order valence-electron chi connectivity index (χ0n) is 18.1. The maximum Gasteiger partial charge on any atom is 0.318 e. The molecule has 3 aromatic rings. The van der Waals surface area contributed by atoms with Crippen LogP contribution < -0.4 is 0 Å². The van der Waals surface area contributed by atoms with Gasteiger partial charge >= 0.3 is 10.1 Å². The third kappa shape index (κ3) is 4.18. The monoisotopic (exact) mass is 451 g/mol. The SMILES string of the molecule is CCCCCCc1cc2c3c(cccc3c1)C(=O)N(OS(=O)(=O)c1ccc(C)cc1)C2=O. The molecular formula is C25H25NO5S. The van der Waals surface area contributed by atoms with Crippen LogP contribution in [0.2, 0.25) is 0 Å². The fourth-order valence-electron chi connectivity index (χ4n) is 3.96. The van der Waals surface area contributed by atoms with Crippen molar-refractivity contribution in [3.8, 4) is 0 Å². The van der Waals surface area contributed by atoms with Crippen molar-refractivity contribution in [1.29, 1.82) is 0 Å². The van der Waals surface area contributed by atoms with Crippen LogP contribution in [0.4, 0.5) is 0 Å². The molecule has 2 amide bonds. The predicted molar refractivity (Wildman–Crippen MR) is 122 cm³/mol. The molecule has 1 heterocycles. The molecule has 0 aromatic heterocycles. The molecule has 0 aliphatic carbocycles. The predicted octanol–water partition coefficient (Wildman–Crippen LogP) is 5.19. The zero-order valence-corrected chi connectivity index (χ0v) is 18.9. The first kappa shape index (κ1) is 22.2. The zero-order chi connectivity index (χ0) is 22.9. The minimum absolute atomic E-state index is 0.127. The van der Waals surface area contributed by atoms with Crippen molar-refractivity contribution in [3.63, 3.8) is 0 Å². The van der Waals surface area contributed by atoms with Gasteiger partial charge in [0.1, 0.15) is 0 Å². The summed E-state index contributed by atoms with van der Waals surface area (Å²) in [5, 5.41) is 1.69. The third-order valence-electron chi connectivity index (χ3n) is 5.67. The molecule has 166 valence electrons. The van der Waals surface area contributed by atoms with Gasteiger partial charge in [-0.1, -0.05) is 62.1 Å². The van der Waals surface area contributed by atoms with E-state index in [0.29, 0.717) is 10.4 Å². The summed E-state index contributed by atoms with van der Waals surface area (Å²) in [5.41, 5.74) is 2.38. The van der Waals surface area contributed by atoms with E-state index in [1.165, 1.54) is 12.1 Å². The number of carbonyl (C=O) groups excluding carboxylic acids is 2. The first-order valence-electron chi connectivity index (χ1n) is 10.8. The lowest BCUT2D eigenvalue weighted by molar-refractivity contribution is -0.0155. The van der Waals surface area contributed by atoms with Crippen LogP contribution in [0.3, 0.4) is 0 Å². The number of unbranched alkanes of at least 4 members (excludes halogenated alkanes) is 3. The van der Waals surface area contributed by atoms with Crippen LogP contribution >= 0.6 is 0 Å². The summed E-state index contributed by atoms with van der Waals surface area (Å²) in [6.07, 6.45) is 5.18. The molecule has 1 aliphatic heterocycles. The molecule has 0 unspecified atom stereocenters. The van der Waals surface area contributed by atoms with Crippen molar-refractivity contribution in [2.75, 3.05) is 0 Å². The van der Waals surface area contributed by atoms with E-state index in [1.54, 1.807) is 30.3 Å². The Balaban J connectivity index is 1.70. The third-order valence-corrected chi connectivity index (χ3v) is 6.86. The number of nitrogens with zero attached hydrogens (tertiary/aromatic N) is 1. The van der Waals surface area contributed by atoms with E-state index in [-0.39, 0.29) is 16.0 Å². The van der Waals surface area contributed by atoms with E-state index in [0.717, 1.165) is 48.6 Å². The van der Waals surface area contributed by atoms with Gasteiger partial charge in [-0.25, -0.2) is 0 Å². The topological polar surface area (TPSA) is 80.8 Å². The minimum atomic E-state index is -4.36. The van der Waals surface area contributed by atoms with Gasteiger partial charge in [-0.15, -0.1) is 9.35 Å². The minimum Gasteiger partial charge on any atom is -0.266 e. The summed E-state index contributed by atoms with van der Waals surface area (Å²) in [6.45, 7) is 3.98. The molecule has 7 heteroatoms. The second-order valence-corrected chi connectivity index (χ2v) is 9.63. The number of aryl methyl sites for hydroxylation is 2. The van der Waals surface area contributed by atoms with Crippen molar-refractivity contribution >= 4 is 32.7 Å². The number of hydroxylamine groups is 2. The first-order chi connectivity index (χ1) is 15.3. The molecule has 32 heavy (non-hydrogen) atoms. The fraction of sp³-hybridized carbons (Fsp3) is 0.280. The van der Waals surface area contributed by atoms with Crippen LogP contribution in [0.5, 0.6) is 0 Å². The van der Waals surface area contributed by atoms with E-state index in [2.05, 4.69) is 6.92 Å². The van der Waals surface area contributed by atoms with E-state index in [4.69, 9.17) is 4.28 Å². The Kier molecular flexibility index (Phi) is 6.13. The number of imide groups is 1. The number of rotatable bonds is 8. The summed E-state index contributed by atoms with van der Waals surface area (Å²) in [5.74, 6) is -1.57. The highest BCUT2D eigenvalue weighted by atomic mass is 32.2. The summed E-state index contributed by atoms with van der Waals surface area (Å²) >= 11 is 0. The number of carbonyl (C=O) groups is 2. The molecule has 6 nitrogen and oxygen atoms in total. The van der Waals surface area contributed by atoms with Gasteiger partial charge < -0.3 is 0 Å². The van der Waals surface area contributed by atoms with Gasteiger partial charge in [0.25, 0.3) is 11.8 Å². The molecule has 0 N–H and O–H groups in total. The highest BCUT2D eigenvalue weighted by Gasteiger charge is 2.37. The van der Waals surface area contributed by atoms with Gasteiger partial charge in [0, 0.05) is 5.39 Å². The number of benzene rings is 3. The second-order valence-electron chi connectivity index (χ2n) is 8.10. The van der Waals surface area contributed by atoms with Crippen LogP contribution in [0.1, 0.15) is 64.4 Å². The normalized spacial score (nSPS) is 13.8. The van der Waals surface area contributed by atoms with E-state index >= 15 is 0 Å². The van der Waals surface area contributed by atoms with Crippen molar-refractivity contribution in [2.45, 2.75) is 50.8 Å². The van der Waals surface area contributed by atoms with E-state index < -0.39 is 21.9 Å². The highest BCUT2D eigenvalue weighted by Crippen LogP contribution is 2.33. The summed E-state index contributed by atoms with van der Waals surface area (Å²) in [7, 11) is -4.36. The molecule has 0 radical (unpaired) electrons. The Morgan fingerprint density at radius 3 is 2.31 bits per heavy atom. The highest BCUT2D eigenvalue weighted by molar-refractivity contribution is 7.86. The van der Waals surface area contributed by atoms with E-state index in [1.807, 2.05) is 19.1 Å². The quantitative estimate of drug-likeness (QED) is 0.348. The molecule has 0 atom stereocenters. The van der Waals surface area contributed by atoms with Crippen molar-refractivity contribution < 1.29 is 22.3 Å². The van der Waals surface area contributed by atoms with Gasteiger partial charge in [0.15, 0.2) is 0 Å². The van der Waals surface area contributed by atoms with Gasteiger partial charge in [0.2, 0.25) is 0 Å². The smallest absolute Gasteiger partial charge is 0.266 e. The van der Waals surface area contributed by atoms with Crippen LogP contribution in [0.15, 0.2) is 59.5 Å². The van der Waals surface area contributed by atoms with Gasteiger partial charge in [0.05, 0.1) is 16.0 Å².